The fourth-order valence-corrected chi connectivity index (χ4v) is 3.27. The number of pyridine rings is 1. The van der Waals surface area contributed by atoms with Crippen LogP contribution in [0.4, 0.5) is 0 Å². The van der Waals surface area contributed by atoms with Crippen molar-refractivity contribution in [2.45, 2.75) is 12.6 Å². The second kappa shape index (κ2) is 6.92. The lowest BCUT2D eigenvalue weighted by molar-refractivity contribution is -0.379. The molecule has 1 aromatic carbocycles. The van der Waals surface area contributed by atoms with Gasteiger partial charge in [0, 0.05) is 17.2 Å². The number of Topliss-reactive ketones (excluding diaryl/α,β-unsaturated/α-hetero) is 1. The predicted molar refractivity (Wildman–Crippen MR) is 93.4 cm³/mol. The number of nitrogens with zero attached hydrogens (tertiary/aromatic N) is 1. The maximum absolute atomic E-state index is 13.1. The maximum Gasteiger partial charge on any atom is 0.295 e. The van der Waals surface area contributed by atoms with Gasteiger partial charge in [0.2, 0.25) is 5.78 Å². The Kier molecular flexibility index (Phi) is 4.30. The minimum Gasteiger partial charge on any atom is -0.872 e. The lowest BCUT2D eigenvalue weighted by Gasteiger charge is -2.25. The van der Waals surface area contributed by atoms with Crippen molar-refractivity contribution in [3.63, 3.8) is 0 Å². The highest BCUT2D eigenvalue weighted by atomic mass is 16.3. The number of furan rings is 1. The van der Waals surface area contributed by atoms with Crippen molar-refractivity contribution in [3.8, 4) is 0 Å². The molecule has 0 aliphatic carbocycles. The molecule has 1 saturated heterocycles. The van der Waals surface area contributed by atoms with Crippen LogP contribution in [0, 0.1) is 0 Å². The van der Waals surface area contributed by atoms with E-state index in [0.717, 1.165) is 0 Å². The van der Waals surface area contributed by atoms with Gasteiger partial charge < -0.3 is 14.4 Å². The molecule has 3 aromatic rings. The Balaban J connectivity index is 1.86. The zero-order valence-electron chi connectivity index (χ0n) is 14.3. The summed E-state index contributed by atoms with van der Waals surface area (Å²) in [5.74, 6) is -1.39. The monoisotopic (exact) mass is 360 g/mol. The van der Waals surface area contributed by atoms with Crippen molar-refractivity contribution in [1.29, 1.82) is 0 Å². The van der Waals surface area contributed by atoms with Gasteiger partial charge in [-0.15, -0.1) is 0 Å². The Morgan fingerprint density at radius 3 is 2.56 bits per heavy atom. The molecule has 1 aliphatic rings. The van der Waals surface area contributed by atoms with Crippen molar-refractivity contribution in [2.24, 2.45) is 0 Å². The van der Waals surface area contributed by atoms with Gasteiger partial charge in [-0.25, -0.2) is 4.98 Å². The standard InChI is InChI=1S/C21H16N2O4/c24-19(14-6-2-1-3-7-14)17-18(15-8-4-10-22-12-15)23(21(26)20(17)25)13-16-9-5-11-27-16/h1-12,18,24H,13H2. The van der Waals surface area contributed by atoms with Crippen LogP contribution in [0.2, 0.25) is 0 Å². The first-order valence-corrected chi connectivity index (χ1v) is 8.47. The van der Waals surface area contributed by atoms with Crippen LogP contribution in [-0.4, -0.2) is 16.6 Å². The molecule has 3 heterocycles. The summed E-state index contributed by atoms with van der Waals surface area (Å²) in [5.41, 5.74) is 0.985. The van der Waals surface area contributed by atoms with Gasteiger partial charge in [-0.3, -0.25) is 9.59 Å². The molecular formula is C21H16N2O4. The van der Waals surface area contributed by atoms with E-state index < -0.39 is 23.5 Å². The summed E-state index contributed by atoms with van der Waals surface area (Å²) in [7, 11) is 0. The Hall–Kier alpha value is -3.67. The van der Waals surface area contributed by atoms with Gasteiger partial charge in [-0.2, -0.15) is 0 Å². The topological polar surface area (TPSA) is 87.7 Å². The number of carbonyl (C=O) groups excluding carboxylic acids is 2. The van der Waals surface area contributed by atoms with Crippen LogP contribution >= 0.6 is 0 Å². The Morgan fingerprint density at radius 1 is 1.07 bits per heavy atom. The van der Waals surface area contributed by atoms with Crippen LogP contribution in [0.5, 0.6) is 0 Å². The minimum atomic E-state index is -0.778. The number of H-pyrrole nitrogens is 1. The second-order valence-corrected chi connectivity index (χ2v) is 6.19. The minimum absolute atomic E-state index is 0.0441. The first-order chi connectivity index (χ1) is 13.2. The van der Waals surface area contributed by atoms with Crippen molar-refractivity contribution in [3.05, 3.63) is 95.7 Å². The van der Waals surface area contributed by atoms with E-state index in [0.29, 0.717) is 16.9 Å². The Labute approximate surface area is 155 Å². The quantitative estimate of drug-likeness (QED) is 0.401. The van der Waals surface area contributed by atoms with Gasteiger partial charge in [0.25, 0.3) is 5.91 Å². The molecule has 6 nitrogen and oxygen atoms in total. The Morgan fingerprint density at radius 2 is 1.89 bits per heavy atom. The molecular weight excluding hydrogens is 344 g/mol. The molecule has 1 atom stereocenters. The van der Waals surface area contributed by atoms with Crippen LogP contribution in [0.1, 0.15) is 22.9 Å². The molecule has 1 N–H and O–H groups in total. The van der Waals surface area contributed by atoms with Crippen molar-refractivity contribution in [2.75, 3.05) is 0 Å². The van der Waals surface area contributed by atoms with Crippen LogP contribution < -0.4 is 10.1 Å². The van der Waals surface area contributed by atoms with Crippen LogP contribution in [0.3, 0.4) is 0 Å². The molecule has 0 bridgehead atoms. The van der Waals surface area contributed by atoms with Gasteiger partial charge >= 0.3 is 0 Å². The number of carbonyl (C=O) groups is 2. The zero-order chi connectivity index (χ0) is 18.8. The third-order valence-corrected chi connectivity index (χ3v) is 4.52. The number of rotatable bonds is 4. The molecule has 27 heavy (non-hydrogen) atoms. The van der Waals surface area contributed by atoms with Crippen molar-refractivity contribution < 1.29 is 24.1 Å². The van der Waals surface area contributed by atoms with E-state index in [2.05, 4.69) is 4.98 Å². The van der Waals surface area contributed by atoms with E-state index in [1.807, 2.05) is 0 Å². The number of aromatic amines is 1. The zero-order valence-corrected chi connectivity index (χ0v) is 14.3. The number of likely N-dealkylation sites (tertiary alicyclic amines) is 1. The van der Waals surface area contributed by atoms with Crippen LogP contribution in [-0.2, 0) is 16.1 Å². The molecule has 0 saturated carbocycles. The molecule has 1 fully saturated rings. The highest BCUT2D eigenvalue weighted by molar-refractivity contribution is 6.46. The van der Waals surface area contributed by atoms with Crippen molar-refractivity contribution >= 4 is 17.4 Å². The van der Waals surface area contributed by atoms with Gasteiger partial charge in [0.15, 0.2) is 12.4 Å². The van der Waals surface area contributed by atoms with Gasteiger partial charge in [0.1, 0.15) is 5.76 Å². The number of ketones is 1. The average molecular weight is 360 g/mol. The predicted octanol–water partition coefficient (Wildman–Crippen LogP) is 1.52. The van der Waals surface area contributed by atoms with Gasteiger partial charge in [0.05, 0.1) is 18.8 Å². The van der Waals surface area contributed by atoms with Crippen LogP contribution in [0.25, 0.3) is 5.76 Å². The average Bonchev–Trinajstić information content (AvgIpc) is 3.31. The largest absolute Gasteiger partial charge is 0.872 e. The molecule has 134 valence electrons. The first-order valence-electron chi connectivity index (χ1n) is 8.47. The molecule has 2 aromatic heterocycles. The number of nitrogens with one attached hydrogen (secondary N) is 1. The third kappa shape index (κ3) is 3.01. The number of aromatic nitrogens is 1. The molecule has 6 heteroatoms. The summed E-state index contributed by atoms with van der Waals surface area (Å²) < 4.78 is 5.34. The highest BCUT2D eigenvalue weighted by Gasteiger charge is 2.45. The molecule has 1 aliphatic heterocycles. The summed E-state index contributed by atoms with van der Waals surface area (Å²) in [4.78, 5) is 29.8. The SMILES string of the molecule is O=C1C(=O)N(Cc2ccco2)C(c2ccc[nH+]c2)C1=C([O-])c1ccccc1. The fraction of sp³-hybridized carbons (Fsp3) is 0.0952. The summed E-state index contributed by atoms with van der Waals surface area (Å²) in [6.07, 6.45) is 4.91. The van der Waals surface area contributed by atoms with E-state index >= 15 is 0 Å². The molecule has 1 amide bonds. The molecule has 4 rings (SSSR count). The molecule has 0 radical (unpaired) electrons. The summed E-state index contributed by atoms with van der Waals surface area (Å²) >= 11 is 0. The number of hydrogen-bond acceptors (Lipinski definition) is 4. The van der Waals surface area contributed by atoms with E-state index in [4.69, 9.17) is 4.42 Å². The summed E-state index contributed by atoms with van der Waals surface area (Å²) in [5, 5.41) is 13.1. The fourth-order valence-electron chi connectivity index (χ4n) is 3.27. The van der Waals surface area contributed by atoms with Gasteiger partial charge in [-0.1, -0.05) is 36.1 Å². The second-order valence-electron chi connectivity index (χ2n) is 6.19. The van der Waals surface area contributed by atoms with Crippen molar-refractivity contribution in [1.82, 2.24) is 4.90 Å². The third-order valence-electron chi connectivity index (χ3n) is 4.52. The van der Waals surface area contributed by atoms with E-state index in [1.165, 1.54) is 11.2 Å². The maximum atomic E-state index is 13.1. The smallest absolute Gasteiger partial charge is 0.295 e. The summed E-state index contributed by atoms with van der Waals surface area (Å²) in [6.45, 7) is 0.0999. The lowest BCUT2D eigenvalue weighted by atomic mass is 9.96. The molecule has 0 spiro atoms. The first kappa shape index (κ1) is 16.8. The number of amides is 1. The lowest BCUT2D eigenvalue weighted by Crippen LogP contribution is -2.29. The number of hydrogen-bond donors (Lipinski definition) is 0. The van der Waals surface area contributed by atoms with E-state index in [-0.39, 0.29) is 12.1 Å². The van der Waals surface area contributed by atoms with Gasteiger partial charge in [-0.05, 0) is 23.8 Å². The normalized spacial score (nSPS) is 18.8. The number of benzene rings is 1. The Bertz CT molecular complexity index is 995. The van der Waals surface area contributed by atoms with E-state index in [9.17, 15) is 14.7 Å². The molecule has 1 unspecified atom stereocenters. The highest BCUT2D eigenvalue weighted by Crippen LogP contribution is 2.39. The van der Waals surface area contributed by atoms with E-state index in [1.54, 1.807) is 67.0 Å². The van der Waals surface area contributed by atoms with Crippen LogP contribution in [0.15, 0.2) is 83.2 Å². The summed E-state index contributed by atoms with van der Waals surface area (Å²) in [6, 6.07) is 14.7.